The van der Waals surface area contributed by atoms with Crippen LogP contribution in [-0.2, 0) is 0 Å². The second-order valence-corrected chi connectivity index (χ2v) is 9.16. The summed E-state index contributed by atoms with van der Waals surface area (Å²) in [5.41, 5.74) is 0.806. The quantitative estimate of drug-likeness (QED) is 0.728. The van der Waals surface area contributed by atoms with Gasteiger partial charge in [0.15, 0.2) is 5.82 Å². The topological polar surface area (TPSA) is 80.7 Å². The van der Waals surface area contributed by atoms with E-state index in [1.54, 1.807) is 28.1 Å². The molecule has 0 spiro atoms. The number of fused-ring (bicyclic) bond motifs is 4. The maximum absolute atomic E-state index is 13.4. The van der Waals surface area contributed by atoms with Crippen LogP contribution in [-0.4, -0.2) is 73.5 Å². The minimum atomic E-state index is -4.23. The average Bonchev–Trinajstić information content (AvgIpc) is 3.22. The first-order chi connectivity index (χ1) is 16.2. The van der Waals surface area contributed by atoms with Crippen LogP contribution >= 0.6 is 0 Å². The lowest BCUT2D eigenvalue weighted by molar-refractivity contribution is -0.176. The number of alkyl halides is 3. The van der Waals surface area contributed by atoms with Crippen molar-refractivity contribution >= 4 is 35.1 Å². The summed E-state index contributed by atoms with van der Waals surface area (Å²) in [6.07, 6.45) is -1.31. The Morgan fingerprint density at radius 1 is 1.09 bits per heavy atom. The first-order valence-corrected chi connectivity index (χ1v) is 11.4. The van der Waals surface area contributed by atoms with E-state index in [0.29, 0.717) is 37.0 Å². The third kappa shape index (κ3) is 4.16. The molecule has 2 bridgehead atoms. The number of hydrogen-bond donors (Lipinski definition) is 1. The Labute approximate surface area is 195 Å². The van der Waals surface area contributed by atoms with Crippen molar-refractivity contribution in [3.05, 3.63) is 24.4 Å². The van der Waals surface area contributed by atoms with E-state index in [4.69, 9.17) is 4.98 Å². The van der Waals surface area contributed by atoms with Gasteiger partial charge in [-0.2, -0.15) is 18.2 Å². The van der Waals surface area contributed by atoms with Gasteiger partial charge < -0.3 is 14.7 Å². The molecule has 2 aromatic heterocycles. The summed E-state index contributed by atoms with van der Waals surface area (Å²) >= 11 is 0. The second kappa shape index (κ2) is 8.48. The highest BCUT2D eigenvalue weighted by molar-refractivity contribution is 6.04. The molecule has 0 aromatic carbocycles. The number of amides is 2. The third-order valence-corrected chi connectivity index (χ3v) is 6.68. The predicted molar refractivity (Wildman–Crippen MR) is 124 cm³/mol. The molecule has 3 aliphatic heterocycles. The molecular weight excluding hydrogens is 449 g/mol. The Kier molecular flexibility index (Phi) is 5.61. The summed E-state index contributed by atoms with van der Waals surface area (Å²) in [5.74, 6) is 0.375. The molecule has 5 heterocycles. The highest BCUT2D eigenvalue weighted by atomic mass is 19.4. The maximum atomic E-state index is 13.4. The second-order valence-electron chi connectivity index (χ2n) is 9.16. The summed E-state index contributed by atoms with van der Waals surface area (Å²) in [6.45, 7) is 1.84. The number of aromatic nitrogens is 3. The SMILES string of the molecule is CN(C)c1ccnc(NC(=O)N2c3nc(N4CCCC(C(F)(F)F)C4)ccc3N3CC[C@H]2C3)n1. The molecule has 5 rings (SSSR count). The van der Waals surface area contributed by atoms with Gasteiger partial charge in [-0.25, -0.2) is 14.8 Å². The van der Waals surface area contributed by atoms with Crippen LogP contribution in [0, 0.1) is 5.92 Å². The van der Waals surface area contributed by atoms with Crippen molar-refractivity contribution in [2.75, 3.05) is 65.2 Å². The van der Waals surface area contributed by atoms with Gasteiger partial charge in [0, 0.05) is 46.5 Å². The fourth-order valence-electron chi connectivity index (χ4n) is 4.90. The Morgan fingerprint density at radius 2 is 1.91 bits per heavy atom. The number of carbonyl (C=O) groups is 1. The number of urea groups is 1. The molecule has 182 valence electrons. The van der Waals surface area contributed by atoms with E-state index in [0.717, 1.165) is 18.7 Å². The van der Waals surface area contributed by atoms with E-state index in [1.165, 1.54) is 0 Å². The van der Waals surface area contributed by atoms with Gasteiger partial charge in [-0.3, -0.25) is 10.2 Å². The van der Waals surface area contributed by atoms with E-state index in [2.05, 4.69) is 20.2 Å². The van der Waals surface area contributed by atoms with Crippen LogP contribution in [0.4, 0.5) is 47.1 Å². The molecule has 2 fully saturated rings. The van der Waals surface area contributed by atoms with Crippen molar-refractivity contribution in [2.24, 2.45) is 5.92 Å². The zero-order chi connectivity index (χ0) is 24.0. The van der Waals surface area contributed by atoms with Gasteiger partial charge in [-0.15, -0.1) is 0 Å². The highest BCUT2D eigenvalue weighted by Crippen LogP contribution is 2.41. The Bertz CT molecular complexity index is 1080. The minimum absolute atomic E-state index is 0.0865. The van der Waals surface area contributed by atoms with Gasteiger partial charge in [0.2, 0.25) is 5.95 Å². The number of pyridine rings is 1. The maximum Gasteiger partial charge on any atom is 0.393 e. The van der Waals surface area contributed by atoms with Gasteiger partial charge in [0.25, 0.3) is 0 Å². The molecule has 0 aliphatic carbocycles. The number of nitrogens with zero attached hydrogens (tertiary/aromatic N) is 7. The molecule has 2 amide bonds. The van der Waals surface area contributed by atoms with Gasteiger partial charge in [0.1, 0.15) is 11.6 Å². The third-order valence-electron chi connectivity index (χ3n) is 6.68. The molecule has 34 heavy (non-hydrogen) atoms. The first kappa shape index (κ1) is 22.5. The summed E-state index contributed by atoms with van der Waals surface area (Å²) in [5, 5.41) is 2.77. The summed E-state index contributed by atoms with van der Waals surface area (Å²) in [6, 6.07) is 4.87. The average molecular weight is 477 g/mol. The number of halogens is 3. The number of nitrogens with one attached hydrogen (secondary N) is 1. The lowest BCUT2D eigenvalue weighted by Gasteiger charge is -2.38. The Morgan fingerprint density at radius 3 is 2.68 bits per heavy atom. The van der Waals surface area contributed by atoms with Crippen molar-refractivity contribution in [2.45, 2.75) is 31.5 Å². The lowest BCUT2D eigenvalue weighted by Crippen LogP contribution is -2.49. The van der Waals surface area contributed by atoms with Crippen LogP contribution in [0.3, 0.4) is 0 Å². The van der Waals surface area contributed by atoms with Crippen LogP contribution in [0.2, 0.25) is 0 Å². The number of anilines is 5. The van der Waals surface area contributed by atoms with Crippen molar-refractivity contribution in [3.8, 4) is 0 Å². The standard InChI is InChI=1S/C22H27F3N8O/c1-30(2)17-7-9-26-20(28-17)29-21(34)33-15-8-11-31(13-15)16-5-6-18(27-19(16)33)32-10-3-4-14(12-32)22(23,24)25/h5-7,9,14-15H,3-4,8,10-13H2,1-2H3,(H,26,28,29,34)/t14?,15-/m0/s1. The molecular formula is C22H27F3N8O. The predicted octanol–water partition coefficient (Wildman–Crippen LogP) is 3.35. The Hall–Kier alpha value is -3.31. The molecule has 9 nitrogen and oxygen atoms in total. The molecule has 2 aromatic rings. The van der Waals surface area contributed by atoms with Crippen molar-refractivity contribution in [1.82, 2.24) is 15.0 Å². The molecule has 1 unspecified atom stereocenters. The summed E-state index contributed by atoms with van der Waals surface area (Å²) in [4.78, 5) is 33.9. The summed E-state index contributed by atoms with van der Waals surface area (Å²) in [7, 11) is 3.69. The minimum Gasteiger partial charge on any atom is -0.366 e. The molecule has 0 radical (unpaired) electrons. The summed E-state index contributed by atoms with van der Waals surface area (Å²) < 4.78 is 40.0. The molecule has 2 atom stereocenters. The van der Waals surface area contributed by atoms with Gasteiger partial charge >= 0.3 is 12.2 Å². The number of rotatable bonds is 3. The van der Waals surface area contributed by atoms with Crippen molar-refractivity contribution in [1.29, 1.82) is 0 Å². The molecule has 3 aliphatic rings. The van der Waals surface area contributed by atoms with E-state index in [1.807, 2.05) is 25.1 Å². The van der Waals surface area contributed by atoms with Crippen LogP contribution in [0.1, 0.15) is 19.3 Å². The molecule has 1 N–H and O–H groups in total. The number of hydrogen-bond acceptors (Lipinski definition) is 7. The van der Waals surface area contributed by atoms with E-state index < -0.39 is 18.1 Å². The van der Waals surface area contributed by atoms with Gasteiger partial charge in [-0.05, 0) is 37.5 Å². The van der Waals surface area contributed by atoms with Gasteiger partial charge in [0.05, 0.1) is 17.6 Å². The van der Waals surface area contributed by atoms with Crippen LogP contribution in [0.25, 0.3) is 0 Å². The van der Waals surface area contributed by atoms with Crippen molar-refractivity contribution < 1.29 is 18.0 Å². The van der Waals surface area contributed by atoms with E-state index in [-0.39, 0.29) is 25.0 Å². The van der Waals surface area contributed by atoms with Crippen molar-refractivity contribution in [3.63, 3.8) is 0 Å². The normalized spacial score (nSPS) is 22.0. The van der Waals surface area contributed by atoms with Crippen LogP contribution in [0.5, 0.6) is 0 Å². The lowest BCUT2D eigenvalue weighted by atomic mass is 9.97. The monoisotopic (exact) mass is 476 g/mol. The molecule has 0 saturated carbocycles. The first-order valence-electron chi connectivity index (χ1n) is 11.4. The molecule has 2 saturated heterocycles. The number of carbonyl (C=O) groups excluding carboxylic acids is 1. The smallest absolute Gasteiger partial charge is 0.366 e. The van der Waals surface area contributed by atoms with E-state index in [9.17, 15) is 18.0 Å². The zero-order valence-corrected chi connectivity index (χ0v) is 19.1. The molecule has 12 heteroatoms. The number of piperidine rings is 1. The van der Waals surface area contributed by atoms with Crippen LogP contribution < -0.4 is 24.9 Å². The Balaban J connectivity index is 1.43. The fraction of sp³-hybridized carbons (Fsp3) is 0.545. The van der Waals surface area contributed by atoms with E-state index >= 15 is 0 Å². The van der Waals surface area contributed by atoms with Gasteiger partial charge in [-0.1, -0.05) is 0 Å². The zero-order valence-electron chi connectivity index (χ0n) is 19.1. The highest BCUT2D eigenvalue weighted by Gasteiger charge is 2.43. The largest absolute Gasteiger partial charge is 0.393 e. The fourth-order valence-corrected chi connectivity index (χ4v) is 4.90. The van der Waals surface area contributed by atoms with Crippen LogP contribution in [0.15, 0.2) is 24.4 Å².